The molecule has 21 heavy (non-hydrogen) atoms. The number of fused-ring (bicyclic) bond motifs is 1. The largest absolute Gasteiger partial charge is 0.343 e. The quantitative estimate of drug-likeness (QED) is 0.834. The molecule has 0 saturated carbocycles. The van der Waals surface area contributed by atoms with Gasteiger partial charge in [0.25, 0.3) is 0 Å². The molecule has 1 N–H and O–H groups in total. The second-order valence-corrected chi connectivity index (χ2v) is 5.38. The van der Waals surface area contributed by atoms with Gasteiger partial charge in [-0.15, -0.1) is 0 Å². The van der Waals surface area contributed by atoms with Gasteiger partial charge in [-0.1, -0.05) is 0 Å². The van der Waals surface area contributed by atoms with Crippen LogP contribution in [0.1, 0.15) is 32.9 Å². The molecule has 2 aromatic rings. The van der Waals surface area contributed by atoms with Crippen LogP contribution in [0.25, 0.3) is 11.2 Å². The number of hydrogen-bond acceptors (Lipinski definition) is 3. The number of H-pyrrole nitrogens is 1. The summed E-state index contributed by atoms with van der Waals surface area (Å²) in [7, 11) is 0. The van der Waals surface area contributed by atoms with Crippen LogP contribution in [0.15, 0.2) is 0 Å². The molecule has 0 aliphatic heterocycles. The van der Waals surface area contributed by atoms with E-state index in [0.29, 0.717) is 17.7 Å². The summed E-state index contributed by atoms with van der Waals surface area (Å²) in [6.45, 7) is 10.9. The normalized spacial score (nSPS) is 11.2. The Labute approximate surface area is 129 Å². The fraction of sp³-hybridized carbons (Fsp3) is 0.643. The number of aromatic amines is 1. The van der Waals surface area contributed by atoms with Crippen LogP contribution in [0.3, 0.4) is 0 Å². The molecule has 0 aromatic carbocycles. The van der Waals surface area contributed by atoms with Crippen molar-refractivity contribution in [3.8, 4) is 0 Å². The predicted octanol–water partition coefficient (Wildman–Crippen LogP) is 2.48. The Morgan fingerprint density at radius 2 is 2.00 bits per heavy atom. The lowest BCUT2D eigenvalue weighted by molar-refractivity contribution is -0.131. The van der Waals surface area contributed by atoms with Crippen LogP contribution in [0.4, 0.5) is 0 Å². The first-order chi connectivity index (χ1) is 10.0. The second kappa shape index (κ2) is 6.43. The number of nitrogens with one attached hydrogen (secondary N) is 1. The summed E-state index contributed by atoms with van der Waals surface area (Å²) < 4.78 is 4.56. The third-order valence-electron chi connectivity index (χ3n) is 3.80. The van der Waals surface area contributed by atoms with Crippen molar-refractivity contribution < 1.29 is 4.79 Å². The highest BCUT2D eigenvalue weighted by Crippen LogP contribution is 2.18. The van der Waals surface area contributed by atoms with E-state index in [0.717, 1.165) is 36.5 Å². The van der Waals surface area contributed by atoms with E-state index < -0.39 is 0 Å². The average molecular weight is 309 g/mol. The fourth-order valence-electron chi connectivity index (χ4n) is 2.63. The van der Waals surface area contributed by atoms with Gasteiger partial charge in [0.2, 0.25) is 5.91 Å². The Morgan fingerprint density at radius 1 is 1.33 bits per heavy atom. The van der Waals surface area contributed by atoms with Gasteiger partial charge in [-0.25, -0.2) is 4.68 Å². The van der Waals surface area contributed by atoms with Gasteiger partial charge in [0.15, 0.2) is 10.4 Å². The molecule has 2 heterocycles. The Kier molecular flexibility index (Phi) is 4.82. The van der Waals surface area contributed by atoms with Crippen LogP contribution < -0.4 is 0 Å². The summed E-state index contributed by atoms with van der Waals surface area (Å²) in [5, 5.41) is 4.49. The molecule has 0 atom stereocenters. The molecule has 0 unspecified atom stereocenters. The molecular formula is C14H23N5OS. The minimum atomic E-state index is 0.163. The highest BCUT2D eigenvalue weighted by molar-refractivity contribution is 7.71. The molecule has 0 aliphatic carbocycles. The molecule has 0 bridgehead atoms. The standard InChI is InChI=1S/C14H23N5OS/c1-5-17(6-2)11(20)8-9-18-13-12(15-14(18)21)10(4)16-19(13)7-3/h5-9H2,1-4H3,(H,15,21). The van der Waals surface area contributed by atoms with Gasteiger partial charge in [-0.05, 0) is 39.9 Å². The van der Waals surface area contributed by atoms with Gasteiger partial charge in [-0.2, -0.15) is 5.10 Å². The summed E-state index contributed by atoms with van der Waals surface area (Å²) in [5.41, 5.74) is 2.89. The number of nitrogens with zero attached hydrogens (tertiary/aromatic N) is 4. The van der Waals surface area contributed by atoms with Crippen molar-refractivity contribution in [2.75, 3.05) is 13.1 Å². The summed E-state index contributed by atoms with van der Waals surface area (Å²) >= 11 is 5.39. The Hall–Kier alpha value is -1.63. The van der Waals surface area contributed by atoms with Crippen molar-refractivity contribution in [1.29, 1.82) is 0 Å². The van der Waals surface area contributed by atoms with Crippen LogP contribution in [-0.2, 0) is 17.9 Å². The predicted molar refractivity (Wildman–Crippen MR) is 85.9 cm³/mol. The maximum absolute atomic E-state index is 12.2. The molecule has 6 nitrogen and oxygen atoms in total. The number of imidazole rings is 1. The van der Waals surface area contributed by atoms with Crippen molar-refractivity contribution >= 4 is 29.3 Å². The Balaban J connectivity index is 2.28. The summed E-state index contributed by atoms with van der Waals surface area (Å²) in [6.07, 6.45) is 0.455. The molecular weight excluding hydrogens is 286 g/mol. The molecule has 1 amide bonds. The topological polar surface area (TPSA) is 58.9 Å². The summed E-state index contributed by atoms with van der Waals surface area (Å²) in [6, 6.07) is 0. The van der Waals surface area contributed by atoms with Gasteiger partial charge in [0.1, 0.15) is 5.52 Å². The number of carbonyl (C=O) groups is 1. The lowest BCUT2D eigenvalue weighted by atomic mass is 10.3. The molecule has 0 aliphatic rings. The fourth-order valence-corrected chi connectivity index (χ4v) is 2.91. The van der Waals surface area contributed by atoms with Gasteiger partial charge < -0.3 is 14.5 Å². The summed E-state index contributed by atoms with van der Waals surface area (Å²) in [4.78, 5) is 17.2. The molecule has 0 saturated heterocycles. The number of aromatic nitrogens is 4. The monoisotopic (exact) mass is 309 g/mol. The van der Waals surface area contributed by atoms with Crippen LogP contribution >= 0.6 is 12.2 Å². The first kappa shape index (κ1) is 15.8. The zero-order chi connectivity index (χ0) is 15.6. The summed E-state index contributed by atoms with van der Waals surface area (Å²) in [5.74, 6) is 0.163. The lowest BCUT2D eigenvalue weighted by Crippen LogP contribution is -2.31. The SMILES string of the molecule is CCN(CC)C(=O)CCn1c(=S)[nH]c2c(C)nn(CC)c21. The third kappa shape index (κ3) is 2.88. The van der Waals surface area contributed by atoms with E-state index >= 15 is 0 Å². The zero-order valence-corrected chi connectivity index (χ0v) is 14.0. The van der Waals surface area contributed by atoms with Gasteiger partial charge >= 0.3 is 0 Å². The molecule has 0 spiro atoms. The third-order valence-corrected chi connectivity index (χ3v) is 4.12. The van der Waals surface area contributed by atoms with Crippen molar-refractivity contribution in [1.82, 2.24) is 24.2 Å². The van der Waals surface area contributed by atoms with E-state index in [4.69, 9.17) is 12.2 Å². The molecule has 2 aromatic heterocycles. The van der Waals surface area contributed by atoms with Crippen molar-refractivity contribution in [2.45, 2.75) is 47.2 Å². The number of carbonyl (C=O) groups excluding carboxylic acids is 1. The van der Waals surface area contributed by atoms with Crippen LogP contribution in [0.2, 0.25) is 0 Å². The molecule has 2 rings (SSSR count). The maximum atomic E-state index is 12.2. The van der Waals surface area contributed by atoms with Gasteiger partial charge in [0.05, 0.1) is 5.69 Å². The van der Waals surface area contributed by atoms with Crippen molar-refractivity contribution in [3.05, 3.63) is 10.5 Å². The van der Waals surface area contributed by atoms with Crippen LogP contribution in [0.5, 0.6) is 0 Å². The van der Waals surface area contributed by atoms with E-state index in [1.807, 2.05) is 41.8 Å². The van der Waals surface area contributed by atoms with E-state index in [-0.39, 0.29) is 5.91 Å². The van der Waals surface area contributed by atoms with Gasteiger partial charge in [-0.3, -0.25) is 4.79 Å². The first-order valence-electron chi connectivity index (χ1n) is 7.47. The lowest BCUT2D eigenvalue weighted by Gasteiger charge is -2.18. The minimum Gasteiger partial charge on any atom is -0.343 e. The second-order valence-electron chi connectivity index (χ2n) is 5.00. The smallest absolute Gasteiger partial charge is 0.224 e. The van der Waals surface area contributed by atoms with E-state index in [1.54, 1.807) is 0 Å². The number of rotatable bonds is 6. The number of amides is 1. The number of hydrogen-bond donors (Lipinski definition) is 1. The zero-order valence-electron chi connectivity index (χ0n) is 13.1. The minimum absolute atomic E-state index is 0.163. The molecule has 0 radical (unpaired) electrons. The Bertz CT molecular complexity index is 692. The van der Waals surface area contributed by atoms with E-state index in [2.05, 4.69) is 10.1 Å². The highest BCUT2D eigenvalue weighted by Gasteiger charge is 2.16. The van der Waals surface area contributed by atoms with Crippen LogP contribution in [0, 0.1) is 11.7 Å². The Morgan fingerprint density at radius 3 is 2.57 bits per heavy atom. The van der Waals surface area contributed by atoms with Crippen molar-refractivity contribution in [2.24, 2.45) is 0 Å². The maximum Gasteiger partial charge on any atom is 0.224 e. The average Bonchev–Trinajstić information content (AvgIpc) is 2.95. The van der Waals surface area contributed by atoms with E-state index in [9.17, 15) is 4.79 Å². The van der Waals surface area contributed by atoms with Crippen LogP contribution in [-0.4, -0.2) is 43.2 Å². The highest BCUT2D eigenvalue weighted by atomic mass is 32.1. The molecule has 7 heteroatoms. The molecule has 0 fully saturated rings. The van der Waals surface area contributed by atoms with Gasteiger partial charge in [0, 0.05) is 32.6 Å². The van der Waals surface area contributed by atoms with Crippen molar-refractivity contribution in [3.63, 3.8) is 0 Å². The van der Waals surface area contributed by atoms with E-state index in [1.165, 1.54) is 0 Å². The first-order valence-corrected chi connectivity index (χ1v) is 7.87. The molecule has 116 valence electrons. The number of aryl methyl sites for hydroxylation is 3.